The molecule has 1 heterocycles. The van der Waals surface area contributed by atoms with Gasteiger partial charge in [-0.2, -0.15) is 10.2 Å². The molecule has 0 atom stereocenters. The molecule has 1 amide bonds. The second kappa shape index (κ2) is 6.93. The van der Waals surface area contributed by atoms with Gasteiger partial charge in [0.2, 0.25) is 0 Å². The monoisotopic (exact) mass is 430 g/mol. The molecular weight excluding hydrogens is 420 g/mol. The van der Waals surface area contributed by atoms with E-state index >= 15 is 0 Å². The molecule has 2 N–H and O–H groups in total. The number of aryl methyl sites for hydroxylation is 1. The number of aromatic hydroxyl groups is 1. The Morgan fingerprint density at radius 3 is 2.73 bits per heavy atom. The fraction of sp³-hybridized carbons (Fsp3) is 0.154. The molecule has 7 nitrogen and oxygen atoms in total. The second-order valence-electron chi connectivity index (χ2n) is 4.22. The first-order valence-electron chi connectivity index (χ1n) is 6.01. The summed E-state index contributed by atoms with van der Waals surface area (Å²) in [6.45, 7) is 0. The van der Waals surface area contributed by atoms with Gasteiger partial charge in [0.1, 0.15) is 5.69 Å². The Hall–Kier alpha value is -1.87. The number of amides is 1. The van der Waals surface area contributed by atoms with Crippen molar-refractivity contribution in [1.29, 1.82) is 0 Å². The van der Waals surface area contributed by atoms with Gasteiger partial charge in [-0.1, -0.05) is 0 Å². The molecule has 0 aliphatic rings. The van der Waals surface area contributed by atoms with Crippen LogP contribution in [-0.4, -0.2) is 34.1 Å². The molecule has 0 saturated carbocycles. The summed E-state index contributed by atoms with van der Waals surface area (Å²) >= 11 is 6.52. The molecule has 1 aromatic heterocycles. The second-order valence-corrected chi connectivity index (χ2v) is 5.93. The molecule has 0 radical (unpaired) electrons. The summed E-state index contributed by atoms with van der Waals surface area (Å²) in [5.74, 6) is -0.0982. The highest BCUT2D eigenvalue weighted by molar-refractivity contribution is 9.10. The lowest BCUT2D eigenvalue weighted by atomic mass is 10.2. The van der Waals surface area contributed by atoms with Crippen molar-refractivity contribution in [3.63, 3.8) is 0 Å². The van der Waals surface area contributed by atoms with E-state index in [-0.39, 0.29) is 5.75 Å². The van der Waals surface area contributed by atoms with Crippen molar-refractivity contribution >= 4 is 44.0 Å². The SMILES string of the molecule is COc1c(O)cc(/C=N/NC(=O)c2c(Br)cnn2C)cc1Br. The van der Waals surface area contributed by atoms with Crippen molar-refractivity contribution in [3.05, 3.63) is 38.5 Å². The number of methoxy groups -OCH3 is 1. The summed E-state index contributed by atoms with van der Waals surface area (Å²) in [4.78, 5) is 12.0. The number of benzene rings is 1. The summed E-state index contributed by atoms with van der Waals surface area (Å²) in [5.41, 5.74) is 3.34. The van der Waals surface area contributed by atoms with E-state index in [1.165, 1.54) is 30.3 Å². The third-order valence-electron chi connectivity index (χ3n) is 2.74. The van der Waals surface area contributed by atoms with Gasteiger partial charge in [0, 0.05) is 7.05 Å². The maximum absolute atomic E-state index is 12.0. The van der Waals surface area contributed by atoms with E-state index in [0.29, 0.717) is 26.0 Å². The first-order chi connectivity index (χ1) is 10.4. The molecule has 0 aliphatic carbocycles. The van der Waals surface area contributed by atoms with Crippen molar-refractivity contribution in [2.45, 2.75) is 0 Å². The van der Waals surface area contributed by atoms with E-state index in [4.69, 9.17) is 4.74 Å². The number of aromatic nitrogens is 2. The lowest BCUT2D eigenvalue weighted by Gasteiger charge is -2.06. The lowest BCUT2D eigenvalue weighted by Crippen LogP contribution is -2.21. The van der Waals surface area contributed by atoms with Crippen LogP contribution >= 0.6 is 31.9 Å². The number of nitrogens with zero attached hydrogens (tertiary/aromatic N) is 3. The summed E-state index contributed by atoms with van der Waals surface area (Å²) in [6, 6.07) is 3.17. The molecule has 22 heavy (non-hydrogen) atoms. The summed E-state index contributed by atoms with van der Waals surface area (Å²) in [5, 5.41) is 17.6. The standard InChI is InChI=1S/C13H12Br2N4O3/c1-19-11(9(15)6-17-19)13(21)18-16-5-7-3-8(14)12(22-2)10(20)4-7/h3-6,20H,1-2H3,(H,18,21)/b16-5+. The van der Waals surface area contributed by atoms with Gasteiger partial charge in [-0.15, -0.1) is 0 Å². The zero-order valence-corrected chi connectivity index (χ0v) is 14.8. The van der Waals surface area contributed by atoms with Gasteiger partial charge in [-0.05, 0) is 49.6 Å². The maximum Gasteiger partial charge on any atom is 0.290 e. The summed E-state index contributed by atoms with van der Waals surface area (Å²) in [6.07, 6.45) is 2.93. The summed E-state index contributed by atoms with van der Waals surface area (Å²) in [7, 11) is 3.11. The first kappa shape index (κ1) is 16.5. The minimum Gasteiger partial charge on any atom is -0.504 e. The predicted molar refractivity (Wildman–Crippen MR) is 88.3 cm³/mol. The van der Waals surface area contributed by atoms with E-state index in [2.05, 4.69) is 47.5 Å². The van der Waals surface area contributed by atoms with Crippen molar-refractivity contribution in [2.75, 3.05) is 7.11 Å². The van der Waals surface area contributed by atoms with E-state index < -0.39 is 5.91 Å². The molecule has 116 valence electrons. The molecule has 0 bridgehead atoms. The Labute approximate surface area is 143 Å². The molecule has 0 fully saturated rings. The number of phenols is 1. The number of hydrogen-bond acceptors (Lipinski definition) is 5. The Balaban J connectivity index is 2.12. The average Bonchev–Trinajstić information content (AvgIpc) is 2.78. The van der Waals surface area contributed by atoms with Crippen LogP contribution in [0.4, 0.5) is 0 Å². The quantitative estimate of drug-likeness (QED) is 0.574. The van der Waals surface area contributed by atoms with Crippen LogP contribution < -0.4 is 10.2 Å². The lowest BCUT2D eigenvalue weighted by molar-refractivity contribution is 0.0945. The van der Waals surface area contributed by atoms with E-state index in [1.54, 1.807) is 13.1 Å². The highest BCUT2D eigenvalue weighted by Crippen LogP contribution is 2.34. The topological polar surface area (TPSA) is 88.7 Å². The van der Waals surface area contributed by atoms with Crippen molar-refractivity contribution in [2.24, 2.45) is 12.1 Å². The van der Waals surface area contributed by atoms with Crippen LogP contribution in [0.5, 0.6) is 11.5 Å². The minimum atomic E-state index is -0.403. The number of carbonyl (C=O) groups is 1. The molecule has 0 saturated heterocycles. The number of ether oxygens (including phenoxy) is 1. The highest BCUT2D eigenvalue weighted by Gasteiger charge is 2.14. The number of nitrogens with one attached hydrogen (secondary N) is 1. The fourth-order valence-corrected chi connectivity index (χ4v) is 2.92. The van der Waals surface area contributed by atoms with Gasteiger partial charge in [0.15, 0.2) is 11.5 Å². The van der Waals surface area contributed by atoms with Gasteiger partial charge in [-0.25, -0.2) is 5.43 Å². The van der Waals surface area contributed by atoms with Gasteiger partial charge >= 0.3 is 0 Å². The van der Waals surface area contributed by atoms with Crippen LogP contribution in [0.15, 0.2) is 32.4 Å². The number of phenolic OH excluding ortho intramolecular Hbond substituents is 1. The Morgan fingerprint density at radius 2 is 2.18 bits per heavy atom. The largest absolute Gasteiger partial charge is 0.504 e. The highest BCUT2D eigenvalue weighted by atomic mass is 79.9. The third kappa shape index (κ3) is 3.47. The van der Waals surface area contributed by atoms with Crippen molar-refractivity contribution in [1.82, 2.24) is 15.2 Å². The third-order valence-corrected chi connectivity index (χ3v) is 3.91. The van der Waals surface area contributed by atoms with Gasteiger partial charge in [-0.3, -0.25) is 9.48 Å². The van der Waals surface area contributed by atoms with Crippen LogP contribution in [0, 0.1) is 0 Å². The number of carbonyl (C=O) groups excluding carboxylic acids is 1. The molecule has 0 unspecified atom stereocenters. The maximum atomic E-state index is 12.0. The van der Waals surface area contributed by atoms with Crippen LogP contribution in [0.3, 0.4) is 0 Å². The molecule has 1 aromatic carbocycles. The van der Waals surface area contributed by atoms with Gasteiger partial charge < -0.3 is 9.84 Å². The molecular formula is C13H12Br2N4O3. The normalized spacial score (nSPS) is 10.9. The van der Waals surface area contributed by atoms with Crippen molar-refractivity contribution < 1.29 is 14.6 Å². The molecule has 0 aliphatic heterocycles. The Morgan fingerprint density at radius 1 is 1.45 bits per heavy atom. The van der Waals surface area contributed by atoms with Crippen molar-refractivity contribution in [3.8, 4) is 11.5 Å². The zero-order valence-electron chi connectivity index (χ0n) is 11.7. The molecule has 2 aromatic rings. The molecule has 9 heteroatoms. The predicted octanol–water partition coefficient (Wildman–Crippen LogP) is 2.42. The first-order valence-corrected chi connectivity index (χ1v) is 7.60. The van der Waals surface area contributed by atoms with Crippen LogP contribution in [0.2, 0.25) is 0 Å². The fourth-order valence-electron chi connectivity index (χ4n) is 1.76. The van der Waals surface area contributed by atoms with E-state index in [1.807, 2.05) is 0 Å². The smallest absolute Gasteiger partial charge is 0.290 e. The Kier molecular flexibility index (Phi) is 5.19. The number of hydrogen-bond donors (Lipinski definition) is 2. The van der Waals surface area contributed by atoms with Crippen LogP contribution in [-0.2, 0) is 7.05 Å². The van der Waals surface area contributed by atoms with Crippen LogP contribution in [0.25, 0.3) is 0 Å². The van der Waals surface area contributed by atoms with E-state index in [9.17, 15) is 9.90 Å². The van der Waals surface area contributed by atoms with Crippen LogP contribution in [0.1, 0.15) is 16.1 Å². The Bertz CT molecular complexity index is 700. The van der Waals surface area contributed by atoms with E-state index in [0.717, 1.165) is 0 Å². The number of rotatable bonds is 4. The summed E-state index contributed by atoms with van der Waals surface area (Å²) < 4.78 is 7.62. The molecule has 2 rings (SSSR count). The number of halogens is 2. The average molecular weight is 432 g/mol. The minimum absolute atomic E-state index is 0.0287. The van der Waals surface area contributed by atoms with Gasteiger partial charge in [0.05, 0.1) is 28.5 Å². The van der Waals surface area contributed by atoms with Gasteiger partial charge in [0.25, 0.3) is 5.91 Å². The molecule has 0 spiro atoms. The number of hydrazone groups is 1. The zero-order chi connectivity index (χ0) is 16.3.